The first-order valence-electron chi connectivity index (χ1n) is 6.55. The van der Waals surface area contributed by atoms with Crippen molar-refractivity contribution in [2.45, 2.75) is 11.8 Å². The Bertz CT molecular complexity index is 702. The van der Waals surface area contributed by atoms with E-state index in [0.29, 0.717) is 21.6 Å². The molecular formula is C16H12Cl3NO. The van der Waals surface area contributed by atoms with Crippen molar-refractivity contribution in [3.05, 3.63) is 68.7 Å². The maximum absolute atomic E-state index is 12.2. The average molecular weight is 341 g/mol. The van der Waals surface area contributed by atoms with E-state index in [2.05, 4.69) is 5.32 Å². The maximum atomic E-state index is 12.2. The number of halogens is 3. The lowest BCUT2D eigenvalue weighted by Crippen LogP contribution is -2.18. The van der Waals surface area contributed by atoms with Gasteiger partial charge in [-0.3, -0.25) is 4.79 Å². The first-order valence-corrected chi connectivity index (χ1v) is 7.68. The molecule has 0 saturated carbocycles. The molecule has 0 bridgehead atoms. The van der Waals surface area contributed by atoms with E-state index in [1.165, 1.54) is 0 Å². The van der Waals surface area contributed by atoms with Gasteiger partial charge in [-0.05, 0) is 29.3 Å². The van der Waals surface area contributed by atoms with Gasteiger partial charge < -0.3 is 5.32 Å². The molecule has 3 rings (SSSR count). The van der Waals surface area contributed by atoms with Crippen molar-refractivity contribution < 1.29 is 4.79 Å². The molecule has 5 heteroatoms. The molecule has 21 heavy (non-hydrogen) atoms. The van der Waals surface area contributed by atoms with Crippen molar-refractivity contribution in [3.63, 3.8) is 0 Å². The second kappa shape index (κ2) is 5.88. The number of amides is 1. The predicted octanol–water partition coefficient (Wildman–Crippen LogP) is 4.64. The fourth-order valence-electron chi connectivity index (χ4n) is 2.76. The van der Waals surface area contributed by atoms with Crippen molar-refractivity contribution in [1.29, 1.82) is 0 Å². The molecule has 1 amide bonds. The number of rotatable bonds is 2. The van der Waals surface area contributed by atoms with Gasteiger partial charge in [0.1, 0.15) is 0 Å². The van der Waals surface area contributed by atoms with Crippen molar-refractivity contribution in [2.75, 3.05) is 6.54 Å². The van der Waals surface area contributed by atoms with Gasteiger partial charge in [-0.15, -0.1) is 0 Å². The Kier molecular flexibility index (Phi) is 4.12. The van der Waals surface area contributed by atoms with Crippen molar-refractivity contribution in [1.82, 2.24) is 5.32 Å². The Morgan fingerprint density at radius 3 is 2.43 bits per heavy atom. The van der Waals surface area contributed by atoms with Gasteiger partial charge in [0, 0.05) is 17.5 Å². The van der Waals surface area contributed by atoms with Gasteiger partial charge >= 0.3 is 0 Å². The van der Waals surface area contributed by atoms with Gasteiger partial charge in [0.15, 0.2) is 0 Å². The highest BCUT2D eigenvalue weighted by molar-refractivity contribution is 6.42. The van der Waals surface area contributed by atoms with E-state index in [-0.39, 0.29) is 17.7 Å². The summed E-state index contributed by atoms with van der Waals surface area (Å²) < 4.78 is 0. The summed E-state index contributed by atoms with van der Waals surface area (Å²) in [6.45, 7) is 0.562. The number of benzene rings is 2. The zero-order chi connectivity index (χ0) is 15.0. The second-order valence-corrected chi connectivity index (χ2v) is 6.25. The molecule has 0 aliphatic carbocycles. The number of hydrogen-bond acceptors (Lipinski definition) is 1. The molecule has 2 atom stereocenters. The highest BCUT2D eigenvalue weighted by Crippen LogP contribution is 2.40. The van der Waals surface area contributed by atoms with Crippen LogP contribution in [-0.4, -0.2) is 12.5 Å². The highest BCUT2D eigenvalue weighted by atomic mass is 35.5. The van der Waals surface area contributed by atoms with E-state index in [0.717, 1.165) is 11.1 Å². The Hall–Kier alpha value is -1.22. The molecule has 1 N–H and O–H groups in total. The van der Waals surface area contributed by atoms with Crippen LogP contribution in [0.4, 0.5) is 0 Å². The molecule has 108 valence electrons. The third kappa shape index (κ3) is 2.76. The van der Waals surface area contributed by atoms with Crippen molar-refractivity contribution in [2.24, 2.45) is 0 Å². The summed E-state index contributed by atoms with van der Waals surface area (Å²) in [5, 5.41) is 4.50. The molecule has 2 nitrogen and oxygen atoms in total. The van der Waals surface area contributed by atoms with Gasteiger partial charge in [0.25, 0.3) is 0 Å². The molecule has 1 saturated heterocycles. The van der Waals surface area contributed by atoms with Crippen molar-refractivity contribution >= 4 is 40.7 Å². The molecule has 1 heterocycles. The Morgan fingerprint density at radius 2 is 1.71 bits per heavy atom. The molecule has 1 fully saturated rings. The minimum atomic E-state index is -0.309. The van der Waals surface area contributed by atoms with Gasteiger partial charge in [0.2, 0.25) is 5.91 Å². The van der Waals surface area contributed by atoms with E-state index in [1.54, 1.807) is 12.1 Å². The average Bonchev–Trinajstić information content (AvgIpc) is 2.84. The molecule has 0 unspecified atom stereocenters. The summed E-state index contributed by atoms with van der Waals surface area (Å²) >= 11 is 18.3. The second-order valence-electron chi connectivity index (χ2n) is 5.02. The molecule has 0 aromatic heterocycles. The third-order valence-corrected chi connectivity index (χ3v) is 4.88. The van der Waals surface area contributed by atoms with Crippen LogP contribution in [0, 0.1) is 0 Å². The van der Waals surface area contributed by atoms with Crippen LogP contribution in [0.5, 0.6) is 0 Å². The summed E-state index contributed by atoms with van der Waals surface area (Å²) in [7, 11) is 0. The largest absolute Gasteiger partial charge is 0.355 e. The maximum Gasteiger partial charge on any atom is 0.228 e. The molecule has 2 aromatic rings. The minimum absolute atomic E-state index is 0.00725. The Morgan fingerprint density at radius 1 is 0.952 bits per heavy atom. The summed E-state index contributed by atoms with van der Waals surface area (Å²) in [4.78, 5) is 12.2. The lowest BCUT2D eigenvalue weighted by Gasteiger charge is -2.19. The van der Waals surface area contributed by atoms with Crippen LogP contribution in [0.15, 0.2) is 42.5 Å². The Labute approximate surface area is 138 Å². The standard InChI is InChI=1S/C16H12Cl3NO/c17-12-4-2-1-3-10(12)15-11(8-20-16(15)21)9-5-6-13(18)14(19)7-9/h1-7,11,15H,8H2,(H,20,21)/t11-,15-/m0/s1. The van der Waals surface area contributed by atoms with Crippen molar-refractivity contribution in [3.8, 4) is 0 Å². The zero-order valence-electron chi connectivity index (χ0n) is 10.9. The highest BCUT2D eigenvalue weighted by Gasteiger charge is 2.37. The Balaban J connectivity index is 2.03. The zero-order valence-corrected chi connectivity index (χ0v) is 13.2. The molecule has 1 aliphatic rings. The molecule has 0 spiro atoms. The van der Waals surface area contributed by atoms with Gasteiger partial charge in [-0.1, -0.05) is 59.1 Å². The van der Waals surface area contributed by atoms with E-state index in [1.807, 2.05) is 30.3 Å². The van der Waals surface area contributed by atoms with E-state index in [9.17, 15) is 4.79 Å². The van der Waals surface area contributed by atoms with Crippen LogP contribution in [0.25, 0.3) is 0 Å². The molecule has 1 aliphatic heterocycles. The van der Waals surface area contributed by atoms with Crippen LogP contribution in [-0.2, 0) is 4.79 Å². The number of carbonyl (C=O) groups excluding carboxylic acids is 1. The lowest BCUT2D eigenvalue weighted by molar-refractivity contribution is -0.120. The van der Waals surface area contributed by atoms with Gasteiger partial charge in [-0.25, -0.2) is 0 Å². The summed E-state index contributed by atoms with van der Waals surface area (Å²) in [6.07, 6.45) is 0. The molecular weight excluding hydrogens is 329 g/mol. The SMILES string of the molecule is O=C1NC[C@@H](c2ccc(Cl)c(Cl)c2)[C@@H]1c1ccccc1Cl. The third-order valence-electron chi connectivity index (χ3n) is 3.79. The topological polar surface area (TPSA) is 29.1 Å². The van der Waals surface area contributed by atoms with Crippen LogP contribution in [0.3, 0.4) is 0 Å². The molecule has 0 radical (unpaired) electrons. The summed E-state index contributed by atoms with van der Waals surface area (Å²) in [5.74, 6) is -0.331. The fraction of sp³-hybridized carbons (Fsp3) is 0.188. The van der Waals surface area contributed by atoms with Gasteiger partial charge in [0.05, 0.1) is 16.0 Å². The predicted molar refractivity (Wildman–Crippen MR) is 86.4 cm³/mol. The first kappa shape index (κ1) is 14.7. The smallest absolute Gasteiger partial charge is 0.228 e. The number of carbonyl (C=O) groups is 1. The molecule has 2 aromatic carbocycles. The lowest BCUT2D eigenvalue weighted by atomic mass is 9.83. The quantitative estimate of drug-likeness (QED) is 0.847. The van der Waals surface area contributed by atoms with E-state index >= 15 is 0 Å². The van der Waals surface area contributed by atoms with Crippen LogP contribution in [0.2, 0.25) is 15.1 Å². The van der Waals surface area contributed by atoms with E-state index in [4.69, 9.17) is 34.8 Å². The normalized spacial score (nSPS) is 21.4. The van der Waals surface area contributed by atoms with E-state index < -0.39 is 0 Å². The summed E-state index contributed by atoms with van der Waals surface area (Å²) in [6, 6.07) is 12.9. The van der Waals surface area contributed by atoms with Crippen LogP contribution < -0.4 is 5.32 Å². The number of hydrogen-bond donors (Lipinski definition) is 1. The van der Waals surface area contributed by atoms with Crippen LogP contribution >= 0.6 is 34.8 Å². The summed E-state index contributed by atoms with van der Waals surface area (Å²) in [5.41, 5.74) is 1.82. The van der Waals surface area contributed by atoms with Crippen LogP contribution in [0.1, 0.15) is 23.0 Å². The number of nitrogens with one attached hydrogen (secondary N) is 1. The minimum Gasteiger partial charge on any atom is -0.355 e. The monoisotopic (exact) mass is 339 g/mol. The fourth-order valence-corrected chi connectivity index (χ4v) is 3.32. The first-order chi connectivity index (χ1) is 10.1. The van der Waals surface area contributed by atoms with Gasteiger partial charge in [-0.2, -0.15) is 0 Å².